The van der Waals surface area contributed by atoms with Crippen molar-refractivity contribution in [1.29, 1.82) is 0 Å². The summed E-state index contributed by atoms with van der Waals surface area (Å²) in [5.74, 6) is -4.06. The number of aliphatic hydroxyl groups excluding tert-OH is 1. The molecule has 2 N–H and O–H groups in total. The van der Waals surface area contributed by atoms with Crippen molar-refractivity contribution in [2.75, 3.05) is 0 Å². The highest BCUT2D eigenvalue weighted by atomic mass is 19.3. The fourth-order valence-corrected chi connectivity index (χ4v) is 2.31. The van der Waals surface area contributed by atoms with Crippen LogP contribution in [-0.2, 0) is 4.79 Å². The number of hydrogen-bond acceptors (Lipinski definition) is 2. The molecular weight excluding hydrogens is 326 g/mol. The molecule has 0 aromatic heterocycles. The van der Waals surface area contributed by atoms with Gasteiger partial charge in [-0.25, -0.2) is 8.78 Å². The molecule has 1 unspecified atom stereocenters. The van der Waals surface area contributed by atoms with E-state index < -0.39 is 24.4 Å². The first-order chi connectivity index (χ1) is 11.9. The van der Waals surface area contributed by atoms with Gasteiger partial charge in [0.1, 0.15) is 0 Å². The van der Waals surface area contributed by atoms with E-state index in [-0.39, 0.29) is 12.8 Å². The maximum Gasteiger partial charge on any atom is 0.303 e. The molecule has 0 saturated carbocycles. The summed E-state index contributed by atoms with van der Waals surface area (Å²) in [5, 5.41) is 18.2. The molecule has 5 heteroatoms. The molecular formula is C20H32F2O3. The van der Waals surface area contributed by atoms with Gasteiger partial charge in [0.25, 0.3) is 5.92 Å². The molecule has 0 radical (unpaired) electrons. The molecule has 0 aromatic rings. The molecule has 0 rings (SSSR count). The van der Waals surface area contributed by atoms with Crippen molar-refractivity contribution >= 4 is 5.97 Å². The third kappa shape index (κ3) is 17.1. The van der Waals surface area contributed by atoms with Crippen LogP contribution in [0.4, 0.5) is 8.78 Å². The first kappa shape index (κ1) is 23.5. The molecule has 0 saturated heterocycles. The van der Waals surface area contributed by atoms with Crippen molar-refractivity contribution in [2.24, 2.45) is 0 Å². The number of halogens is 2. The van der Waals surface area contributed by atoms with Gasteiger partial charge in [0.15, 0.2) is 0 Å². The van der Waals surface area contributed by atoms with Crippen LogP contribution in [0, 0.1) is 0 Å². The molecule has 0 fully saturated rings. The Kier molecular flexibility index (Phi) is 13.9. The lowest BCUT2D eigenvalue weighted by Crippen LogP contribution is -2.12. The van der Waals surface area contributed by atoms with E-state index >= 15 is 0 Å². The van der Waals surface area contributed by atoms with Gasteiger partial charge in [0.2, 0.25) is 0 Å². The van der Waals surface area contributed by atoms with Crippen LogP contribution in [0.5, 0.6) is 0 Å². The molecule has 0 aliphatic rings. The number of allylic oxidation sites excluding steroid dienone is 5. The van der Waals surface area contributed by atoms with Crippen molar-refractivity contribution < 1.29 is 23.8 Å². The van der Waals surface area contributed by atoms with E-state index in [1.165, 1.54) is 37.8 Å². The minimum atomic E-state index is -3.00. The van der Waals surface area contributed by atoms with Gasteiger partial charge in [-0.1, -0.05) is 75.8 Å². The number of unbranched alkanes of at least 4 members (excludes halogenated alkanes) is 5. The molecule has 25 heavy (non-hydrogen) atoms. The van der Waals surface area contributed by atoms with Crippen molar-refractivity contribution in [3.05, 3.63) is 36.5 Å². The van der Waals surface area contributed by atoms with Gasteiger partial charge in [0.05, 0.1) is 6.10 Å². The Labute approximate surface area is 150 Å². The Morgan fingerprint density at radius 1 is 1.00 bits per heavy atom. The van der Waals surface area contributed by atoms with Crippen LogP contribution in [0.2, 0.25) is 0 Å². The standard InChI is InChI=1S/C20H32F2O3/c1-2-3-4-5-6-9-13-18(23)14-10-7-8-11-16-20(21,22)17-12-15-19(24)25/h7-8,10-11,14,16,18,23H,2-6,9,12-13,15,17H2,1H3,(H,24,25)/b8-7+,14-10+,16-11-. The van der Waals surface area contributed by atoms with Crippen LogP contribution in [-0.4, -0.2) is 28.2 Å². The first-order valence-electron chi connectivity index (χ1n) is 9.18. The second-order valence-electron chi connectivity index (χ2n) is 6.26. The summed E-state index contributed by atoms with van der Waals surface area (Å²) in [4.78, 5) is 10.3. The SMILES string of the molecule is CCCCCCCCC(O)/C=C/C=C/C=C\C(F)(F)CCCC(=O)O. The second kappa shape index (κ2) is 14.8. The number of hydrogen-bond donors (Lipinski definition) is 2. The average molecular weight is 358 g/mol. The van der Waals surface area contributed by atoms with E-state index in [0.717, 1.165) is 18.9 Å². The molecule has 1 atom stereocenters. The van der Waals surface area contributed by atoms with E-state index in [4.69, 9.17) is 5.11 Å². The molecule has 3 nitrogen and oxygen atoms in total. The first-order valence-corrected chi connectivity index (χ1v) is 9.18. The average Bonchev–Trinajstić information content (AvgIpc) is 2.53. The number of aliphatic hydroxyl groups is 1. The lowest BCUT2D eigenvalue weighted by Gasteiger charge is -2.09. The molecule has 0 aliphatic carbocycles. The van der Waals surface area contributed by atoms with E-state index in [9.17, 15) is 18.7 Å². The van der Waals surface area contributed by atoms with Crippen LogP contribution < -0.4 is 0 Å². The summed E-state index contributed by atoms with van der Waals surface area (Å²) in [6, 6.07) is 0. The highest BCUT2D eigenvalue weighted by molar-refractivity contribution is 5.66. The molecule has 0 amide bonds. The quantitative estimate of drug-likeness (QED) is 0.293. The predicted molar refractivity (Wildman–Crippen MR) is 97.9 cm³/mol. The summed E-state index contributed by atoms with van der Waals surface area (Å²) in [6.45, 7) is 2.18. The zero-order valence-electron chi connectivity index (χ0n) is 15.2. The van der Waals surface area contributed by atoms with Gasteiger partial charge in [-0.05, 0) is 18.9 Å². The van der Waals surface area contributed by atoms with E-state index in [1.54, 1.807) is 18.2 Å². The zero-order valence-corrected chi connectivity index (χ0v) is 15.2. The normalized spacial score (nSPS) is 14.1. The molecule has 0 bridgehead atoms. The van der Waals surface area contributed by atoms with Gasteiger partial charge >= 0.3 is 5.97 Å². The third-order valence-electron chi connectivity index (χ3n) is 3.76. The fraction of sp³-hybridized carbons (Fsp3) is 0.650. The maximum absolute atomic E-state index is 13.4. The highest BCUT2D eigenvalue weighted by Crippen LogP contribution is 2.22. The Morgan fingerprint density at radius 3 is 2.32 bits per heavy atom. The largest absolute Gasteiger partial charge is 0.481 e. The van der Waals surface area contributed by atoms with Crippen LogP contribution in [0.15, 0.2) is 36.5 Å². The van der Waals surface area contributed by atoms with Crippen LogP contribution in [0.1, 0.15) is 71.1 Å². The summed E-state index contributed by atoms with van der Waals surface area (Å²) >= 11 is 0. The van der Waals surface area contributed by atoms with Crippen LogP contribution >= 0.6 is 0 Å². The van der Waals surface area contributed by atoms with Crippen molar-refractivity contribution in [3.63, 3.8) is 0 Å². The molecule has 0 spiro atoms. The molecule has 0 aromatic carbocycles. The van der Waals surface area contributed by atoms with Crippen LogP contribution in [0.3, 0.4) is 0 Å². The Bertz CT molecular complexity index is 429. The van der Waals surface area contributed by atoms with Crippen molar-refractivity contribution in [2.45, 2.75) is 83.2 Å². The zero-order chi connectivity index (χ0) is 19.0. The van der Waals surface area contributed by atoms with E-state index in [0.29, 0.717) is 6.42 Å². The van der Waals surface area contributed by atoms with Gasteiger partial charge in [-0.15, -0.1) is 0 Å². The van der Waals surface area contributed by atoms with Gasteiger partial charge in [0, 0.05) is 12.8 Å². The lowest BCUT2D eigenvalue weighted by molar-refractivity contribution is -0.137. The minimum absolute atomic E-state index is 0.0546. The number of aliphatic carboxylic acids is 1. The summed E-state index contributed by atoms with van der Waals surface area (Å²) in [7, 11) is 0. The topological polar surface area (TPSA) is 57.5 Å². The van der Waals surface area contributed by atoms with Gasteiger partial charge in [-0.2, -0.15) is 0 Å². The number of carbonyl (C=O) groups is 1. The lowest BCUT2D eigenvalue weighted by atomic mass is 10.1. The smallest absolute Gasteiger partial charge is 0.303 e. The predicted octanol–water partition coefficient (Wildman–Crippen LogP) is 5.66. The second-order valence-corrected chi connectivity index (χ2v) is 6.26. The number of carboxylic acid groups (broad SMARTS) is 1. The summed E-state index contributed by atoms with van der Waals surface area (Å²) in [6.07, 6.45) is 14.9. The molecule has 0 heterocycles. The number of carboxylic acids is 1. The van der Waals surface area contributed by atoms with Crippen molar-refractivity contribution in [1.82, 2.24) is 0 Å². The van der Waals surface area contributed by atoms with E-state index in [2.05, 4.69) is 6.92 Å². The number of alkyl halides is 2. The summed E-state index contributed by atoms with van der Waals surface area (Å²) < 4.78 is 26.8. The van der Waals surface area contributed by atoms with Crippen LogP contribution in [0.25, 0.3) is 0 Å². The van der Waals surface area contributed by atoms with Gasteiger partial charge < -0.3 is 10.2 Å². The fourth-order valence-electron chi connectivity index (χ4n) is 2.31. The summed E-state index contributed by atoms with van der Waals surface area (Å²) in [5.41, 5.74) is 0. The molecule has 144 valence electrons. The van der Waals surface area contributed by atoms with Gasteiger partial charge in [-0.3, -0.25) is 4.79 Å². The monoisotopic (exact) mass is 358 g/mol. The van der Waals surface area contributed by atoms with E-state index in [1.807, 2.05) is 0 Å². The number of rotatable bonds is 15. The van der Waals surface area contributed by atoms with Crippen molar-refractivity contribution in [3.8, 4) is 0 Å². The third-order valence-corrected chi connectivity index (χ3v) is 3.76. The maximum atomic E-state index is 13.4. The molecule has 0 aliphatic heterocycles. The Morgan fingerprint density at radius 2 is 1.64 bits per heavy atom. The Balaban J connectivity index is 3.89. The minimum Gasteiger partial charge on any atom is -0.481 e. The Hall–Kier alpha value is -1.49. The highest BCUT2D eigenvalue weighted by Gasteiger charge is 2.24.